The van der Waals surface area contributed by atoms with E-state index in [-0.39, 0.29) is 5.82 Å². The Morgan fingerprint density at radius 2 is 1.74 bits per heavy atom. The molecule has 2 N–H and O–H groups in total. The van der Waals surface area contributed by atoms with Gasteiger partial charge in [-0.2, -0.15) is 0 Å². The van der Waals surface area contributed by atoms with Gasteiger partial charge in [-0.3, -0.25) is 0 Å². The zero-order valence-corrected chi connectivity index (χ0v) is 12.1. The highest BCUT2D eigenvalue weighted by atomic mass is 35.5. The third-order valence-electron chi connectivity index (χ3n) is 3.59. The van der Waals surface area contributed by atoms with Gasteiger partial charge in [-0.1, -0.05) is 29.8 Å². The Kier molecular flexibility index (Phi) is 3.66. The summed E-state index contributed by atoms with van der Waals surface area (Å²) in [5, 5.41) is 0.477. The molecule has 100 valence electrons. The lowest BCUT2D eigenvalue weighted by atomic mass is 9.84. The van der Waals surface area contributed by atoms with Crippen molar-refractivity contribution in [3.8, 4) is 0 Å². The Balaban J connectivity index is 2.57. The molecule has 2 rings (SSSR count). The minimum Gasteiger partial charge on any atom is -0.318 e. The van der Waals surface area contributed by atoms with Crippen LogP contribution in [0.15, 0.2) is 36.4 Å². The summed E-state index contributed by atoms with van der Waals surface area (Å²) < 4.78 is 13.4. The van der Waals surface area contributed by atoms with Gasteiger partial charge in [-0.25, -0.2) is 4.39 Å². The summed E-state index contributed by atoms with van der Waals surface area (Å²) in [6, 6.07) is 10.3. The van der Waals surface area contributed by atoms with E-state index in [1.165, 1.54) is 17.7 Å². The molecule has 0 saturated carbocycles. The smallest absolute Gasteiger partial charge is 0.123 e. The molecule has 1 atom stereocenters. The van der Waals surface area contributed by atoms with E-state index < -0.39 is 5.54 Å². The Morgan fingerprint density at radius 3 is 2.37 bits per heavy atom. The maximum atomic E-state index is 13.4. The zero-order chi connectivity index (χ0) is 14.2. The second-order valence-corrected chi connectivity index (χ2v) is 5.53. The van der Waals surface area contributed by atoms with Gasteiger partial charge in [0.25, 0.3) is 0 Å². The molecule has 0 bridgehead atoms. The third-order valence-corrected chi connectivity index (χ3v) is 3.92. The first kappa shape index (κ1) is 14.0. The van der Waals surface area contributed by atoms with Crippen molar-refractivity contribution in [2.24, 2.45) is 5.73 Å². The molecule has 0 saturated heterocycles. The number of benzene rings is 2. The van der Waals surface area contributed by atoms with Gasteiger partial charge in [0.15, 0.2) is 0 Å². The number of hydrogen-bond donors (Lipinski definition) is 1. The fourth-order valence-corrected chi connectivity index (χ4v) is 2.43. The highest BCUT2D eigenvalue weighted by molar-refractivity contribution is 6.31. The molecule has 3 heteroatoms. The number of hydrogen-bond acceptors (Lipinski definition) is 1. The fraction of sp³-hybridized carbons (Fsp3) is 0.250. The number of nitrogens with two attached hydrogens (primary N) is 1. The lowest BCUT2D eigenvalue weighted by Gasteiger charge is -2.27. The molecule has 1 nitrogen and oxygen atoms in total. The monoisotopic (exact) mass is 277 g/mol. The van der Waals surface area contributed by atoms with Gasteiger partial charge in [0.1, 0.15) is 5.82 Å². The van der Waals surface area contributed by atoms with Crippen LogP contribution in [0.25, 0.3) is 0 Å². The topological polar surface area (TPSA) is 26.0 Å². The van der Waals surface area contributed by atoms with E-state index in [4.69, 9.17) is 17.3 Å². The van der Waals surface area contributed by atoms with Crippen molar-refractivity contribution in [2.45, 2.75) is 26.3 Å². The van der Waals surface area contributed by atoms with E-state index in [1.54, 1.807) is 6.07 Å². The van der Waals surface area contributed by atoms with Crippen molar-refractivity contribution in [1.82, 2.24) is 0 Å². The summed E-state index contributed by atoms with van der Waals surface area (Å²) >= 11 is 6.16. The van der Waals surface area contributed by atoms with Crippen LogP contribution in [-0.2, 0) is 5.54 Å². The molecule has 0 aliphatic carbocycles. The van der Waals surface area contributed by atoms with Crippen LogP contribution in [0, 0.1) is 19.7 Å². The molecule has 0 amide bonds. The Morgan fingerprint density at radius 1 is 1.05 bits per heavy atom. The van der Waals surface area contributed by atoms with Crippen molar-refractivity contribution in [3.63, 3.8) is 0 Å². The van der Waals surface area contributed by atoms with Crippen LogP contribution in [0.3, 0.4) is 0 Å². The largest absolute Gasteiger partial charge is 0.318 e. The average molecular weight is 278 g/mol. The van der Waals surface area contributed by atoms with Crippen LogP contribution in [0.4, 0.5) is 4.39 Å². The van der Waals surface area contributed by atoms with Crippen LogP contribution < -0.4 is 5.73 Å². The molecular formula is C16H17ClFN. The molecule has 0 heterocycles. The number of halogens is 2. The fourth-order valence-electron chi connectivity index (χ4n) is 2.12. The van der Waals surface area contributed by atoms with Gasteiger partial charge in [-0.05, 0) is 61.2 Å². The molecule has 0 fully saturated rings. The summed E-state index contributed by atoms with van der Waals surface area (Å²) in [6.07, 6.45) is 0. The first-order valence-corrected chi connectivity index (χ1v) is 6.52. The van der Waals surface area contributed by atoms with Crippen LogP contribution in [0.2, 0.25) is 5.02 Å². The first-order valence-electron chi connectivity index (χ1n) is 6.14. The molecule has 0 spiro atoms. The molecule has 0 aliphatic rings. The molecule has 2 aromatic rings. The predicted octanol–water partition coefficient (Wildman–Crippen LogP) is 4.32. The summed E-state index contributed by atoms with van der Waals surface area (Å²) in [7, 11) is 0. The Hall–Kier alpha value is -1.38. The van der Waals surface area contributed by atoms with Crippen LogP contribution in [0.1, 0.15) is 29.2 Å². The molecule has 0 radical (unpaired) electrons. The lowest BCUT2D eigenvalue weighted by molar-refractivity contribution is 0.581. The van der Waals surface area contributed by atoms with Gasteiger partial charge in [0, 0.05) is 5.02 Å². The van der Waals surface area contributed by atoms with Gasteiger partial charge in [-0.15, -0.1) is 0 Å². The highest BCUT2D eigenvalue weighted by Gasteiger charge is 2.27. The highest BCUT2D eigenvalue weighted by Crippen LogP contribution is 2.33. The molecule has 19 heavy (non-hydrogen) atoms. The van der Waals surface area contributed by atoms with Crippen molar-refractivity contribution in [1.29, 1.82) is 0 Å². The van der Waals surface area contributed by atoms with E-state index in [9.17, 15) is 4.39 Å². The summed E-state index contributed by atoms with van der Waals surface area (Å²) in [5.74, 6) is -0.333. The Bertz CT molecular complexity index is 620. The standard InChI is InChI=1S/C16H17ClFN/c1-10-4-5-12(8-11(10)2)16(3,19)14-9-13(18)6-7-15(14)17/h4-9H,19H2,1-3H3. The first-order chi connectivity index (χ1) is 8.82. The van der Waals surface area contributed by atoms with E-state index >= 15 is 0 Å². The van der Waals surface area contributed by atoms with E-state index in [2.05, 4.69) is 0 Å². The minimum atomic E-state index is -0.822. The molecular weight excluding hydrogens is 261 g/mol. The second kappa shape index (κ2) is 4.95. The van der Waals surface area contributed by atoms with E-state index in [0.29, 0.717) is 10.6 Å². The predicted molar refractivity (Wildman–Crippen MR) is 78.0 cm³/mol. The zero-order valence-electron chi connectivity index (χ0n) is 11.3. The summed E-state index contributed by atoms with van der Waals surface area (Å²) in [4.78, 5) is 0. The van der Waals surface area contributed by atoms with Crippen molar-refractivity contribution >= 4 is 11.6 Å². The minimum absolute atomic E-state index is 0.333. The van der Waals surface area contributed by atoms with Crippen LogP contribution >= 0.6 is 11.6 Å². The normalized spacial score (nSPS) is 14.2. The van der Waals surface area contributed by atoms with Crippen molar-refractivity contribution < 1.29 is 4.39 Å². The van der Waals surface area contributed by atoms with Crippen LogP contribution in [-0.4, -0.2) is 0 Å². The van der Waals surface area contributed by atoms with E-state index in [0.717, 1.165) is 11.1 Å². The molecule has 0 aromatic heterocycles. The maximum absolute atomic E-state index is 13.4. The molecule has 1 unspecified atom stereocenters. The Labute approximate surface area is 118 Å². The van der Waals surface area contributed by atoms with Gasteiger partial charge in [0.05, 0.1) is 5.54 Å². The van der Waals surface area contributed by atoms with Gasteiger partial charge >= 0.3 is 0 Å². The summed E-state index contributed by atoms with van der Waals surface area (Å²) in [5.41, 5.74) is 9.44. The molecule has 0 aliphatic heterocycles. The van der Waals surface area contributed by atoms with Gasteiger partial charge in [0.2, 0.25) is 0 Å². The van der Waals surface area contributed by atoms with Crippen molar-refractivity contribution in [3.05, 3.63) is 69.5 Å². The van der Waals surface area contributed by atoms with Gasteiger partial charge < -0.3 is 5.73 Å². The van der Waals surface area contributed by atoms with Crippen LogP contribution in [0.5, 0.6) is 0 Å². The number of rotatable bonds is 2. The van der Waals surface area contributed by atoms with E-state index in [1.807, 2.05) is 39.0 Å². The maximum Gasteiger partial charge on any atom is 0.123 e. The summed E-state index contributed by atoms with van der Waals surface area (Å²) in [6.45, 7) is 5.92. The lowest BCUT2D eigenvalue weighted by Crippen LogP contribution is -2.34. The SMILES string of the molecule is Cc1ccc(C(C)(N)c2cc(F)ccc2Cl)cc1C. The third kappa shape index (κ3) is 2.65. The average Bonchev–Trinajstić information content (AvgIpc) is 2.35. The van der Waals surface area contributed by atoms with Crippen molar-refractivity contribution in [2.75, 3.05) is 0 Å². The quantitative estimate of drug-likeness (QED) is 0.869. The molecule has 2 aromatic carbocycles. The second-order valence-electron chi connectivity index (χ2n) is 5.13. The number of aryl methyl sites for hydroxylation is 2.